The maximum Gasteiger partial charge on any atom is 0.244 e. The van der Waals surface area contributed by atoms with Crippen LogP contribution in [0.25, 0.3) is 6.08 Å². The molecule has 4 bridgehead atoms. The van der Waals surface area contributed by atoms with Crippen molar-refractivity contribution in [3.05, 3.63) is 33.8 Å². The van der Waals surface area contributed by atoms with Gasteiger partial charge in [0.25, 0.3) is 0 Å². The van der Waals surface area contributed by atoms with Crippen molar-refractivity contribution in [2.24, 2.45) is 17.8 Å². The second-order valence-electron chi connectivity index (χ2n) is 8.03. The predicted octanol–water partition coefficient (Wildman–Crippen LogP) is 5.10. The summed E-state index contributed by atoms with van der Waals surface area (Å²) in [4.78, 5) is 12.6. The van der Waals surface area contributed by atoms with Gasteiger partial charge in [-0.05, 0) is 74.5 Å². The average molecular weight is 380 g/mol. The Hall–Kier alpha value is -1.19. The van der Waals surface area contributed by atoms with Gasteiger partial charge in [-0.15, -0.1) is 0 Å². The minimum absolute atomic E-state index is 0.0201. The minimum atomic E-state index is -0.0416. The molecule has 25 heavy (non-hydrogen) atoms. The van der Waals surface area contributed by atoms with Gasteiger partial charge in [0.1, 0.15) is 5.75 Å². The number of rotatable bonds is 4. The van der Waals surface area contributed by atoms with E-state index in [1.165, 1.54) is 19.3 Å². The van der Waals surface area contributed by atoms with Gasteiger partial charge in [0.05, 0.1) is 12.1 Å². The number of hydrogen-bond donors (Lipinski definition) is 1. The molecule has 5 rings (SSSR count). The lowest BCUT2D eigenvalue weighted by molar-refractivity contribution is -0.122. The SMILES string of the molecule is COc1c(Cl)cc(Cl)cc1/C=C/C(=O)NC12CC3CC(CC(C3)C1)C2. The first kappa shape index (κ1) is 17.2. The van der Waals surface area contributed by atoms with Crippen LogP contribution in [0.1, 0.15) is 44.1 Å². The van der Waals surface area contributed by atoms with Crippen molar-refractivity contribution in [3.63, 3.8) is 0 Å². The van der Waals surface area contributed by atoms with Gasteiger partial charge in [-0.2, -0.15) is 0 Å². The highest BCUT2D eigenvalue weighted by Gasteiger charge is 2.51. The van der Waals surface area contributed by atoms with Crippen LogP contribution in [0.5, 0.6) is 5.75 Å². The van der Waals surface area contributed by atoms with Crippen LogP contribution in [0, 0.1) is 17.8 Å². The first-order valence-electron chi connectivity index (χ1n) is 8.99. The summed E-state index contributed by atoms with van der Waals surface area (Å²) < 4.78 is 5.32. The molecule has 4 aliphatic carbocycles. The van der Waals surface area contributed by atoms with Crippen molar-refractivity contribution in [1.82, 2.24) is 5.32 Å². The second-order valence-corrected chi connectivity index (χ2v) is 8.87. The van der Waals surface area contributed by atoms with Crippen LogP contribution in [-0.4, -0.2) is 18.6 Å². The number of nitrogens with one attached hydrogen (secondary N) is 1. The zero-order chi connectivity index (χ0) is 17.6. The molecule has 1 aromatic rings. The molecule has 134 valence electrons. The van der Waals surface area contributed by atoms with Gasteiger partial charge >= 0.3 is 0 Å². The van der Waals surface area contributed by atoms with E-state index >= 15 is 0 Å². The van der Waals surface area contributed by atoms with Crippen molar-refractivity contribution < 1.29 is 9.53 Å². The first-order chi connectivity index (χ1) is 12.0. The summed E-state index contributed by atoms with van der Waals surface area (Å²) in [5.41, 5.74) is 0.729. The smallest absolute Gasteiger partial charge is 0.244 e. The summed E-state index contributed by atoms with van der Waals surface area (Å²) in [5.74, 6) is 2.91. The largest absolute Gasteiger partial charge is 0.495 e. The Morgan fingerprint density at radius 2 is 1.76 bits per heavy atom. The standard InChI is InChI=1S/C20H23Cl2NO2/c1-25-19-15(7-16(21)8-17(19)22)2-3-18(24)23-20-9-12-4-13(10-20)6-14(5-12)11-20/h2-3,7-8,12-14H,4-6,9-11H2,1H3,(H,23,24)/b3-2+. The van der Waals surface area contributed by atoms with Crippen LogP contribution in [0.3, 0.4) is 0 Å². The maximum absolute atomic E-state index is 12.6. The maximum atomic E-state index is 12.6. The fourth-order valence-corrected chi connectivity index (χ4v) is 6.24. The van der Waals surface area contributed by atoms with E-state index in [1.807, 2.05) is 0 Å². The van der Waals surface area contributed by atoms with Gasteiger partial charge in [0.2, 0.25) is 5.91 Å². The van der Waals surface area contributed by atoms with E-state index in [9.17, 15) is 4.79 Å². The molecule has 0 saturated heterocycles. The van der Waals surface area contributed by atoms with Crippen molar-refractivity contribution in [1.29, 1.82) is 0 Å². The fourth-order valence-electron chi connectivity index (χ4n) is 5.65. The molecule has 0 aromatic heterocycles. The first-order valence-corrected chi connectivity index (χ1v) is 9.75. The highest BCUT2D eigenvalue weighted by Crippen LogP contribution is 2.55. The Bertz CT molecular complexity index is 693. The molecule has 0 atom stereocenters. The van der Waals surface area contributed by atoms with Crippen molar-refractivity contribution in [2.75, 3.05) is 7.11 Å². The molecule has 3 nitrogen and oxygen atoms in total. The van der Waals surface area contributed by atoms with E-state index in [1.54, 1.807) is 31.4 Å². The van der Waals surface area contributed by atoms with E-state index in [-0.39, 0.29) is 11.4 Å². The molecule has 0 heterocycles. The summed E-state index contributed by atoms with van der Waals surface area (Å²) in [7, 11) is 1.56. The van der Waals surface area contributed by atoms with E-state index < -0.39 is 0 Å². The Morgan fingerprint density at radius 1 is 1.16 bits per heavy atom. The summed E-state index contributed by atoms with van der Waals surface area (Å²) in [6.45, 7) is 0. The number of methoxy groups -OCH3 is 1. The number of amides is 1. The Labute approximate surface area is 158 Å². The molecule has 4 fully saturated rings. The number of hydrogen-bond acceptors (Lipinski definition) is 2. The number of carbonyl (C=O) groups excluding carboxylic acids is 1. The number of halogens is 2. The third-order valence-corrected chi connectivity index (χ3v) is 6.58. The molecular weight excluding hydrogens is 357 g/mol. The normalized spacial score (nSPS) is 33.0. The average Bonchev–Trinajstić information content (AvgIpc) is 2.50. The van der Waals surface area contributed by atoms with Crippen LogP contribution in [0.15, 0.2) is 18.2 Å². The van der Waals surface area contributed by atoms with Crippen molar-refractivity contribution >= 4 is 35.2 Å². The molecule has 4 saturated carbocycles. The monoisotopic (exact) mass is 379 g/mol. The van der Waals surface area contributed by atoms with Crippen LogP contribution < -0.4 is 10.1 Å². The zero-order valence-corrected chi connectivity index (χ0v) is 15.9. The lowest BCUT2D eigenvalue weighted by Crippen LogP contribution is -2.59. The van der Waals surface area contributed by atoms with Crippen LogP contribution in [0.4, 0.5) is 0 Å². The van der Waals surface area contributed by atoms with Crippen molar-refractivity contribution in [2.45, 2.75) is 44.1 Å². The van der Waals surface area contributed by atoms with Gasteiger partial charge in [0, 0.05) is 22.2 Å². The van der Waals surface area contributed by atoms with Crippen LogP contribution in [0.2, 0.25) is 10.0 Å². The van der Waals surface area contributed by atoms with E-state index in [0.717, 1.165) is 37.0 Å². The van der Waals surface area contributed by atoms with Crippen LogP contribution in [-0.2, 0) is 4.79 Å². The lowest BCUT2D eigenvalue weighted by atomic mass is 9.53. The van der Waals surface area contributed by atoms with E-state index in [4.69, 9.17) is 27.9 Å². The quantitative estimate of drug-likeness (QED) is 0.738. The lowest BCUT2D eigenvalue weighted by Gasteiger charge is -2.56. The highest BCUT2D eigenvalue weighted by molar-refractivity contribution is 6.36. The molecule has 0 aliphatic heterocycles. The fraction of sp³-hybridized carbons (Fsp3) is 0.550. The number of benzene rings is 1. The highest BCUT2D eigenvalue weighted by atomic mass is 35.5. The zero-order valence-electron chi connectivity index (χ0n) is 14.4. The molecular formula is C20H23Cl2NO2. The Morgan fingerprint density at radius 3 is 2.32 bits per heavy atom. The van der Waals surface area contributed by atoms with Gasteiger partial charge in [0.15, 0.2) is 0 Å². The predicted molar refractivity (Wildman–Crippen MR) is 101 cm³/mol. The molecule has 0 spiro atoms. The van der Waals surface area contributed by atoms with Crippen molar-refractivity contribution in [3.8, 4) is 5.75 Å². The second kappa shape index (κ2) is 6.51. The summed E-state index contributed by atoms with van der Waals surface area (Å²) >= 11 is 12.2. The third kappa shape index (κ3) is 3.41. The topological polar surface area (TPSA) is 38.3 Å². The van der Waals surface area contributed by atoms with Gasteiger partial charge < -0.3 is 10.1 Å². The number of carbonyl (C=O) groups is 1. The molecule has 1 amide bonds. The summed E-state index contributed by atoms with van der Waals surface area (Å²) in [5, 5.41) is 4.29. The molecule has 0 unspecified atom stereocenters. The molecule has 1 aromatic carbocycles. The molecule has 5 heteroatoms. The van der Waals surface area contributed by atoms with E-state index in [0.29, 0.717) is 21.4 Å². The summed E-state index contributed by atoms with van der Waals surface area (Å²) in [6, 6.07) is 3.38. The van der Waals surface area contributed by atoms with Gasteiger partial charge in [-0.1, -0.05) is 23.2 Å². The molecule has 0 radical (unpaired) electrons. The van der Waals surface area contributed by atoms with Gasteiger partial charge in [-0.3, -0.25) is 4.79 Å². The van der Waals surface area contributed by atoms with Gasteiger partial charge in [-0.25, -0.2) is 0 Å². The Kier molecular flexibility index (Phi) is 4.49. The van der Waals surface area contributed by atoms with Crippen LogP contribution >= 0.6 is 23.2 Å². The Balaban J connectivity index is 1.49. The number of ether oxygens (including phenoxy) is 1. The van der Waals surface area contributed by atoms with E-state index in [2.05, 4.69) is 5.32 Å². The molecule has 1 N–H and O–H groups in total. The minimum Gasteiger partial charge on any atom is -0.495 e. The third-order valence-electron chi connectivity index (χ3n) is 6.08. The summed E-state index contributed by atoms with van der Waals surface area (Å²) in [6.07, 6.45) is 10.8. The molecule has 4 aliphatic rings.